The van der Waals surface area contributed by atoms with E-state index < -0.39 is 0 Å². The monoisotopic (exact) mass is 330 g/mol. The highest BCUT2D eigenvalue weighted by Gasteiger charge is 2.18. The minimum Gasteiger partial charge on any atom is -0.347 e. The van der Waals surface area contributed by atoms with E-state index in [0.29, 0.717) is 12.1 Å². The summed E-state index contributed by atoms with van der Waals surface area (Å²) in [6.45, 7) is 6.29. The highest BCUT2D eigenvalue weighted by Crippen LogP contribution is 2.33. The minimum atomic E-state index is -0.249. The highest BCUT2D eigenvalue weighted by molar-refractivity contribution is 7.20. The molecule has 0 atom stereocenters. The predicted molar refractivity (Wildman–Crippen MR) is 93.0 cm³/mol. The summed E-state index contributed by atoms with van der Waals surface area (Å²) < 4.78 is 4.22. The van der Waals surface area contributed by atoms with Crippen molar-refractivity contribution in [3.63, 3.8) is 0 Å². The van der Waals surface area contributed by atoms with E-state index in [1.54, 1.807) is 37.7 Å². The lowest BCUT2D eigenvalue weighted by molar-refractivity contribution is -0.129. The lowest BCUT2D eigenvalue weighted by Gasteiger charge is -2.11. The molecule has 120 valence electrons. The first-order valence-corrected chi connectivity index (χ1v) is 8.05. The van der Waals surface area contributed by atoms with Gasteiger partial charge in [0.25, 0.3) is 5.56 Å². The second kappa shape index (κ2) is 5.66. The molecule has 0 unspecified atom stereocenters. The van der Waals surface area contributed by atoms with Crippen LogP contribution in [0.4, 0.5) is 0 Å². The van der Waals surface area contributed by atoms with Gasteiger partial charge in [-0.25, -0.2) is 4.68 Å². The number of hydrogen-bond donors (Lipinski definition) is 0. The van der Waals surface area contributed by atoms with Crippen LogP contribution in [0.1, 0.15) is 4.88 Å². The van der Waals surface area contributed by atoms with Crippen LogP contribution in [0, 0.1) is 6.92 Å². The van der Waals surface area contributed by atoms with Crippen LogP contribution < -0.4 is 5.56 Å². The number of amides is 1. The topological polar surface area (TPSA) is 60.1 Å². The summed E-state index contributed by atoms with van der Waals surface area (Å²) in [5.74, 6) is -0.168. The first-order valence-electron chi connectivity index (χ1n) is 7.23. The predicted octanol–water partition coefficient (Wildman–Crippen LogP) is 2.00. The third kappa shape index (κ3) is 2.46. The van der Waals surface area contributed by atoms with E-state index in [-0.39, 0.29) is 18.0 Å². The van der Waals surface area contributed by atoms with E-state index in [1.165, 1.54) is 14.5 Å². The van der Waals surface area contributed by atoms with Crippen LogP contribution in [0.3, 0.4) is 0 Å². The molecule has 0 aliphatic rings. The number of carbonyl (C=O) groups excluding carboxylic acids is 1. The molecule has 0 saturated carbocycles. The van der Waals surface area contributed by atoms with E-state index in [2.05, 4.69) is 17.7 Å². The van der Waals surface area contributed by atoms with Crippen LogP contribution in [0.2, 0.25) is 0 Å². The molecule has 3 aromatic rings. The Bertz CT molecular complexity index is 977. The summed E-state index contributed by atoms with van der Waals surface area (Å²) in [5, 5.41) is 5.02. The average Bonchev–Trinajstić information content (AvgIpc) is 2.99. The third-order valence-corrected chi connectivity index (χ3v) is 4.83. The molecular formula is C16H18N4O2S. The van der Waals surface area contributed by atoms with Crippen molar-refractivity contribution in [3.8, 4) is 0 Å². The fourth-order valence-corrected chi connectivity index (χ4v) is 3.65. The Morgan fingerprint density at radius 2 is 2.22 bits per heavy atom. The quantitative estimate of drug-likeness (QED) is 0.688. The van der Waals surface area contributed by atoms with Crippen molar-refractivity contribution < 1.29 is 4.79 Å². The molecule has 0 bridgehead atoms. The number of allylic oxidation sites excluding steroid dienone is 1. The van der Waals surface area contributed by atoms with E-state index in [9.17, 15) is 9.59 Å². The van der Waals surface area contributed by atoms with Gasteiger partial charge >= 0.3 is 0 Å². The number of carbonyl (C=O) groups is 1. The second-order valence-corrected chi connectivity index (χ2v) is 6.88. The van der Waals surface area contributed by atoms with Crippen LogP contribution >= 0.6 is 11.3 Å². The first-order chi connectivity index (χ1) is 10.9. The van der Waals surface area contributed by atoms with Gasteiger partial charge in [0.2, 0.25) is 5.91 Å². The van der Waals surface area contributed by atoms with Gasteiger partial charge in [-0.15, -0.1) is 17.9 Å². The zero-order valence-corrected chi connectivity index (χ0v) is 14.2. The van der Waals surface area contributed by atoms with Crippen LogP contribution in [0.25, 0.3) is 21.1 Å². The van der Waals surface area contributed by atoms with Crippen molar-refractivity contribution in [2.75, 3.05) is 14.1 Å². The molecule has 0 aliphatic heterocycles. The maximum Gasteiger partial charge on any atom is 0.291 e. The van der Waals surface area contributed by atoms with E-state index in [1.807, 2.05) is 11.5 Å². The van der Waals surface area contributed by atoms with Crippen molar-refractivity contribution in [3.05, 3.63) is 40.1 Å². The fourth-order valence-electron chi connectivity index (χ4n) is 2.62. The van der Waals surface area contributed by atoms with E-state index >= 15 is 0 Å². The van der Waals surface area contributed by atoms with Crippen molar-refractivity contribution in [2.45, 2.75) is 20.0 Å². The molecule has 3 heterocycles. The average molecular weight is 330 g/mol. The molecule has 0 saturated heterocycles. The Labute approximate surface area is 137 Å². The van der Waals surface area contributed by atoms with Crippen LogP contribution in [0.5, 0.6) is 0 Å². The summed E-state index contributed by atoms with van der Waals surface area (Å²) in [5.41, 5.74) is 1.34. The van der Waals surface area contributed by atoms with E-state index in [0.717, 1.165) is 15.6 Å². The molecule has 6 nitrogen and oxygen atoms in total. The lowest BCUT2D eigenvalue weighted by Crippen LogP contribution is -2.33. The maximum absolute atomic E-state index is 12.8. The zero-order chi connectivity index (χ0) is 16.7. The number of aryl methyl sites for hydroxylation is 1. The number of rotatable bonds is 4. The Balaban J connectivity index is 2.27. The number of nitrogens with zero attached hydrogens (tertiary/aromatic N) is 4. The molecule has 3 rings (SSSR count). The largest absolute Gasteiger partial charge is 0.347 e. The molecule has 7 heteroatoms. The standard InChI is InChI=1S/C16H18N4O2S/c1-5-6-19-12-7-10(2)23-15(12)11-8-17-20(16(22)14(11)19)9-13(21)18(3)4/h5,7-8H,1,6,9H2,2-4H3. The van der Waals surface area contributed by atoms with E-state index in [4.69, 9.17) is 0 Å². The van der Waals surface area contributed by atoms with Gasteiger partial charge in [-0.05, 0) is 13.0 Å². The van der Waals surface area contributed by atoms with Gasteiger partial charge in [0.05, 0.1) is 16.4 Å². The molecule has 0 radical (unpaired) electrons. The molecule has 1 amide bonds. The zero-order valence-electron chi connectivity index (χ0n) is 13.4. The smallest absolute Gasteiger partial charge is 0.291 e. The number of thiophene rings is 1. The van der Waals surface area contributed by atoms with Gasteiger partial charge in [-0.1, -0.05) is 6.08 Å². The Kier molecular flexibility index (Phi) is 3.81. The molecular weight excluding hydrogens is 312 g/mol. The van der Waals surface area contributed by atoms with Crippen molar-refractivity contribution in [2.24, 2.45) is 0 Å². The number of aromatic nitrogens is 3. The summed E-state index contributed by atoms with van der Waals surface area (Å²) >= 11 is 1.64. The maximum atomic E-state index is 12.8. The molecule has 0 N–H and O–H groups in total. The SMILES string of the molecule is C=CCn1c2cc(C)sc2c2cnn(CC(=O)N(C)C)c(=O)c21. The van der Waals surface area contributed by atoms with Gasteiger partial charge in [0, 0.05) is 30.9 Å². The minimum absolute atomic E-state index is 0.0618. The molecule has 0 aliphatic carbocycles. The Hall–Kier alpha value is -2.41. The number of likely N-dealkylation sites (N-methyl/N-ethyl adjacent to an activating group) is 1. The summed E-state index contributed by atoms with van der Waals surface area (Å²) in [7, 11) is 3.32. The van der Waals surface area contributed by atoms with Crippen LogP contribution in [-0.4, -0.2) is 39.3 Å². The molecule has 3 aromatic heterocycles. The van der Waals surface area contributed by atoms with Gasteiger partial charge in [-0.3, -0.25) is 9.59 Å². The Morgan fingerprint density at radius 1 is 1.48 bits per heavy atom. The van der Waals surface area contributed by atoms with Crippen LogP contribution in [-0.2, 0) is 17.9 Å². The normalized spacial score (nSPS) is 11.3. The number of fused-ring (bicyclic) bond motifs is 3. The van der Waals surface area contributed by atoms with Gasteiger partial charge in [0.1, 0.15) is 12.1 Å². The van der Waals surface area contributed by atoms with Crippen molar-refractivity contribution >= 4 is 38.4 Å². The lowest BCUT2D eigenvalue weighted by atomic mass is 10.3. The first kappa shape index (κ1) is 15.5. The second-order valence-electron chi connectivity index (χ2n) is 5.63. The summed E-state index contributed by atoms with van der Waals surface area (Å²) in [4.78, 5) is 27.3. The van der Waals surface area contributed by atoms with Crippen molar-refractivity contribution in [1.82, 2.24) is 19.2 Å². The van der Waals surface area contributed by atoms with Gasteiger partial charge in [-0.2, -0.15) is 5.10 Å². The highest BCUT2D eigenvalue weighted by atomic mass is 32.1. The molecule has 0 aromatic carbocycles. The third-order valence-electron chi connectivity index (χ3n) is 3.75. The van der Waals surface area contributed by atoms with Crippen LogP contribution in [0.15, 0.2) is 29.7 Å². The van der Waals surface area contributed by atoms with Crippen molar-refractivity contribution in [1.29, 1.82) is 0 Å². The number of hydrogen-bond acceptors (Lipinski definition) is 4. The van der Waals surface area contributed by atoms with Gasteiger partial charge < -0.3 is 9.47 Å². The summed E-state index contributed by atoms with van der Waals surface area (Å²) in [6, 6.07) is 2.07. The fraction of sp³-hybridized carbons (Fsp3) is 0.312. The van der Waals surface area contributed by atoms with Gasteiger partial charge in [0.15, 0.2) is 0 Å². The summed E-state index contributed by atoms with van der Waals surface area (Å²) in [6.07, 6.45) is 3.44. The molecule has 0 fully saturated rings. The Morgan fingerprint density at radius 3 is 2.87 bits per heavy atom. The molecule has 23 heavy (non-hydrogen) atoms. The molecule has 0 spiro atoms.